The second kappa shape index (κ2) is 3.97. The number of aromatic nitrogens is 1. The Morgan fingerprint density at radius 2 is 1.69 bits per heavy atom. The van der Waals surface area contributed by atoms with Crippen molar-refractivity contribution >= 4 is 15.9 Å². The van der Waals surface area contributed by atoms with Gasteiger partial charge in [-0.25, -0.2) is 0 Å². The molecule has 0 aliphatic heterocycles. The number of aromatic amines is 1. The lowest BCUT2D eigenvalue weighted by Crippen LogP contribution is -2.05. The zero-order chi connectivity index (χ0) is 11.8. The van der Waals surface area contributed by atoms with Gasteiger partial charge in [-0.3, -0.25) is 0 Å². The van der Waals surface area contributed by atoms with Gasteiger partial charge in [0.2, 0.25) is 0 Å². The summed E-state index contributed by atoms with van der Waals surface area (Å²) in [6.45, 7) is 0. The third-order valence-electron chi connectivity index (χ3n) is 2.20. The van der Waals surface area contributed by atoms with Crippen molar-refractivity contribution < 1.29 is 13.2 Å². The zero-order valence-electron chi connectivity index (χ0n) is 7.98. The summed E-state index contributed by atoms with van der Waals surface area (Å²) in [6.07, 6.45) is -3.02. The SMILES string of the molecule is FC(F)(F)c1c(-c2ccccc2)c[nH]c1Br. The number of nitrogens with one attached hydrogen (secondary N) is 1. The molecule has 2 rings (SSSR count). The molecule has 0 unspecified atom stereocenters. The highest BCUT2D eigenvalue weighted by Gasteiger charge is 2.37. The fourth-order valence-electron chi connectivity index (χ4n) is 1.52. The van der Waals surface area contributed by atoms with Crippen molar-refractivity contribution in [1.82, 2.24) is 4.98 Å². The third kappa shape index (κ3) is 2.00. The van der Waals surface area contributed by atoms with Gasteiger partial charge < -0.3 is 4.98 Å². The summed E-state index contributed by atoms with van der Waals surface area (Å²) in [5.41, 5.74) is 0.0236. The maximum atomic E-state index is 12.8. The largest absolute Gasteiger partial charge is 0.419 e. The van der Waals surface area contributed by atoms with Crippen molar-refractivity contribution in [2.75, 3.05) is 0 Å². The Labute approximate surface area is 98.4 Å². The molecular weight excluding hydrogens is 283 g/mol. The molecule has 1 N–H and O–H groups in total. The van der Waals surface area contributed by atoms with Gasteiger partial charge in [0.05, 0.1) is 10.2 Å². The molecule has 0 atom stereocenters. The molecule has 0 fully saturated rings. The van der Waals surface area contributed by atoms with Crippen LogP contribution in [-0.4, -0.2) is 4.98 Å². The van der Waals surface area contributed by atoms with Gasteiger partial charge >= 0.3 is 6.18 Å². The molecule has 0 bridgehead atoms. The van der Waals surface area contributed by atoms with Crippen molar-refractivity contribution in [2.45, 2.75) is 6.18 Å². The number of hydrogen-bond donors (Lipinski definition) is 1. The standard InChI is InChI=1S/C11H7BrF3N/c12-10-9(11(13,14)15)8(6-16-10)7-4-2-1-3-5-7/h1-6,16H. The van der Waals surface area contributed by atoms with E-state index in [0.29, 0.717) is 5.56 Å². The van der Waals surface area contributed by atoms with E-state index in [1.165, 1.54) is 6.20 Å². The van der Waals surface area contributed by atoms with Gasteiger partial charge in [0, 0.05) is 11.8 Å². The summed E-state index contributed by atoms with van der Waals surface area (Å²) >= 11 is 2.87. The van der Waals surface area contributed by atoms with Gasteiger partial charge in [0.25, 0.3) is 0 Å². The van der Waals surface area contributed by atoms with E-state index in [1.807, 2.05) is 0 Å². The first-order chi connectivity index (χ1) is 7.50. The van der Waals surface area contributed by atoms with Crippen LogP contribution in [0.1, 0.15) is 5.56 Å². The highest BCUT2D eigenvalue weighted by molar-refractivity contribution is 9.10. The van der Waals surface area contributed by atoms with Crippen LogP contribution >= 0.6 is 15.9 Å². The Morgan fingerprint density at radius 3 is 2.25 bits per heavy atom. The Hall–Kier alpha value is -1.23. The molecule has 0 aliphatic carbocycles. The van der Waals surface area contributed by atoms with E-state index in [0.717, 1.165) is 0 Å². The van der Waals surface area contributed by atoms with Gasteiger partial charge in [-0.1, -0.05) is 30.3 Å². The first-order valence-corrected chi connectivity index (χ1v) is 5.29. The quantitative estimate of drug-likeness (QED) is 0.798. The molecule has 0 amide bonds. The summed E-state index contributed by atoms with van der Waals surface area (Å²) in [7, 11) is 0. The fraction of sp³-hybridized carbons (Fsp3) is 0.0909. The van der Waals surface area contributed by atoms with E-state index in [4.69, 9.17) is 0 Å². The Bertz CT molecular complexity index is 488. The normalized spacial score (nSPS) is 11.8. The van der Waals surface area contributed by atoms with Crippen LogP contribution in [0, 0.1) is 0 Å². The summed E-state index contributed by atoms with van der Waals surface area (Å²) in [5.74, 6) is 0. The molecule has 1 aromatic heterocycles. The van der Waals surface area contributed by atoms with E-state index in [9.17, 15) is 13.2 Å². The molecule has 0 aliphatic rings. The first kappa shape index (κ1) is 11.3. The lowest BCUT2D eigenvalue weighted by atomic mass is 10.0. The van der Waals surface area contributed by atoms with Gasteiger partial charge in [0.15, 0.2) is 0 Å². The average Bonchev–Trinajstić information content (AvgIpc) is 2.61. The van der Waals surface area contributed by atoms with Crippen LogP contribution in [0.3, 0.4) is 0 Å². The van der Waals surface area contributed by atoms with E-state index in [2.05, 4.69) is 20.9 Å². The molecule has 16 heavy (non-hydrogen) atoms. The summed E-state index contributed by atoms with van der Waals surface area (Å²) < 4.78 is 38.3. The lowest BCUT2D eigenvalue weighted by Gasteiger charge is -2.08. The zero-order valence-corrected chi connectivity index (χ0v) is 9.56. The second-order valence-electron chi connectivity index (χ2n) is 3.26. The number of hydrogen-bond acceptors (Lipinski definition) is 0. The topological polar surface area (TPSA) is 15.8 Å². The molecule has 0 radical (unpaired) electrons. The number of H-pyrrole nitrogens is 1. The summed E-state index contributed by atoms with van der Waals surface area (Å²) in [4.78, 5) is 2.54. The lowest BCUT2D eigenvalue weighted by molar-refractivity contribution is -0.137. The van der Waals surface area contributed by atoms with Crippen LogP contribution in [-0.2, 0) is 6.18 Å². The van der Waals surface area contributed by atoms with Crippen molar-refractivity contribution in [3.8, 4) is 11.1 Å². The van der Waals surface area contributed by atoms with Gasteiger partial charge in [0.1, 0.15) is 0 Å². The maximum absolute atomic E-state index is 12.8. The monoisotopic (exact) mass is 289 g/mol. The van der Waals surface area contributed by atoms with E-state index >= 15 is 0 Å². The van der Waals surface area contributed by atoms with Gasteiger partial charge in [-0.05, 0) is 21.5 Å². The molecule has 5 heteroatoms. The van der Waals surface area contributed by atoms with Crippen LogP contribution in [0.5, 0.6) is 0 Å². The van der Waals surface area contributed by atoms with Crippen molar-refractivity contribution in [3.63, 3.8) is 0 Å². The average molecular weight is 290 g/mol. The first-order valence-electron chi connectivity index (χ1n) is 4.49. The van der Waals surface area contributed by atoms with E-state index in [1.54, 1.807) is 30.3 Å². The van der Waals surface area contributed by atoms with Crippen molar-refractivity contribution in [3.05, 3.63) is 46.7 Å². The molecule has 0 saturated carbocycles. The van der Waals surface area contributed by atoms with Crippen LogP contribution < -0.4 is 0 Å². The van der Waals surface area contributed by atoms with Crippen molar-refractivity contribution in [2.24, 2.45) is 0 Å². The fourth-order valence-corrected chi connectivity index (χ4v) is 2.07. The number of rotatable bonds is 1. The highest BCUT2D eigenvalue weighted by atomic mass is 79.9. The van der Waals surface area contributed by atoms with Crippen LogP contribution in [0.25, 0.3) is 11.1 Å². The minimum absolute atomic E-state index is 0.0427. The predicted octanol–water partition coefficient (Wildman–Crippen LogP) is 4.46. The number of halogens is 4. The Balaban J connectivity index is 2.60. The number of alkyl halides is 3. The summed E-state index contributed by atoms with van der Waals surface area (Å²) in [5, 5.41) is 0. The minimum atomic E-state index is -4.37. The van der Waals surface area contributed by atoms with Crippen LogP contribution in [0.4, 0.5) is 13.2 Å². The van der Waals surface area contributed by atoms with E-state index in [-0.39, 0.29) is 10.2 Å². The van der Waals surface area contributed by atoms with Gasteiger partial charge in [-0.15, -0.1) is 0 Å². The smallest absolute Gasteiger partial charge is 0.355 e. The highest BCUT2D eigenvalue weighted by Crippen LogP contribution is 2.41. The second-order valence-corrected chi connectivity index (χ2v) is 4.05. The molecule has 1 aromatic carbocycles. The van der Waals surface area contributed by atoms with Crippen LogP contribution in [0.2, 0.25) is 0 Å². The predicted molar refractivity (Wildman–Crippen MR) is 58.9 cm³/mol. The Kier molecular flexibility index (Phi) is 2.80. The molecule has 84 valence electrons. The molecular formula is C11H7BrF3N. The van der Waals surface area contributed by atoms with Gasteiger partial charge in [-0.2, -0.15) is 13.2 Å². The molecule has 1 heterocycles. The minimum Gasteiger partial charge on any atom is -0.355 e. The van der Waals surface area contributed by atoms with E-state index < -0.39 is 11.7 Å². The summed E-state index contributed by atoms with van der Waals surface area (Å²) in [6, 6.07) is 8.46. The maximum Gasteiger partial charge on any atom is 0.419 e. The van der Waals surface area contributed by atoms with Crippen molar-refractivity contribution in [1.29, 1.82) is 0 Å². The molecule has 0 saturated heterocycles. The molecule has 2 aromatic rings. The Morgan fingerprint density at radius 1 is 1.06 bits per heavy atom. The number of benzene rings is 1. The van der Waals surface area contributed by atoms with Crippen LogP contribution in [0.15, 0.2) is 41.1 Å². The third-order valence-corrected chi connectivity index (χ3v) is 2.83. The molecule has 1 nitrogen and oxygen atoms in total. The molecule has 0 spiro atoms.